The van der Waals surface area contributed by atoms with E-state index >= 15 is 0 Å². The molecule has 0 saturated carbocycles. The maximum Gasteiger partial charge on any atom is 0.234 e. The number of rotatable bonds is 5. The van der Waals surface area contributed by atoms with E-state index in [2.05, 4.69) is 36.4 Å². The van der Waals surface area contributed by atoms with Crippen LogP contribution in [0.3, 0.4) is 0 Å². The number of nitrogens with zero attached hydrogens (tertiary/aromatic N) is 4. The first-order valence-corrected chi connectivity index (χ1v) is 9.10. The predicted octanol–water partition coefficient (Wildman–Crippen LogP) is 3.65. The number of halogens is 3. The first kappa shape index (κ1) is 18.5. The summed E-state index contributed by atoms with van der Waals surface area (Å²) in [4.78, 5) is 16.0. The molecule has 1 N–H and O–H groups in total. The number of pyridine rings is 1. The zero-order valence-electron chi connectivity index (χ0n) is 13.4. The number of hydrogen-bond acceptors (Lipinski definition) is 5. The molecule has 0 spiro atoms. The number of aromatic nitrogens is 4. The molecule has 0 saturated heterocycles. The molecule has 26 heavy (non-hydrogen) atoms. The van der Waals surface area contributed by atoms with Gasteiger partial charge in [-0.3, -0.25) is 9.78 Å². The summed E-state index contributed by atoms with van der Waals surface area (Å²) < 4.78 is 28.7. The highest BCUT2D eigenvalue weighted by Crippen LogP contribution is 2.27. The minimum absolute atomic E-state index is 0.00836. The molecule has 0 radical (unpaired) electrons. The molecule has 0 fully saturated rings. The van der Waals surface area contributed by atoms with E-state index in [1.807, 2.05) is 0 Å². The highest BCUT2D eigenvalue weighted by atomic mass is 79.9. The van der Waals surface area contributed by atoms with Crippen LogP contribution >= 0.6 is 27.7 Å². The molecule has 0 atom stereocenters. The van der Waals surface area contributed by atoms with Crippen LogP contribution in [0.1, 0.15) is 0 Å². The second-order valence-corrected chi connectivity index (χ2v) is 6.98. The number of anilines is 1. The Kier molecular flexibility index (Phi) is 5.62. The zero-order chi connectivity index (χ0) is 18.7. The lowest BCUT2D eigenvalue weighted by molar-refractivity contribution is -0.113. The first-order valence-electron chi connectivity index (χ1n) is 7.32. The summed E-state index contributed by atoms with van der Waals surface area (Å²) >= 11 is 4.18. The van der Waals surface area contributed by atoms with Gasteiger partial charge in [-0.2, -0.15) is 0 Å². The summed E-state index contributed by atoms with van der Waals surface area (Å²) in [5.74, 6) is -1.40. The summed E-state index contributed by atoms with van der Waals surface area (Å²) in [6.07, 6.45) is 3.30. The Morgan fingerprint density at radius 2 is 2.00 bits per heavy atom. The van der Waals surface area contributed by atoms with Crippen molar-refractivity contribution in [1.82, 2.24) is 19.7 Å². The van der Waals surface area contributed by atoms with Gasteiger partial charge in [0.2, 0.25) is 5.91 Å². The summed E-state index contributed by atoms with van der Waals surface area (Å²) in [6.45, 7) is 0. The van der Waals surface area contributed by atoms with Crippen molar-refractivity contribution in [1.29, 1.82) is 0 Å². The number of thioether (sulfide) groups is 1. The van der Waals surface area contributed by atoms with Crippen LogP contribution in [0.2, 0.25) is 0 Å². The van der Waals surface area contributed by atoms with Crippen molar-refractivity contribution < 1.29 is 13.6 Å². The van der Waals surface area contributed by atoms with Gasteiger partial charge in [0.25, 0.3) is 0 Å². The van der Waals surface area contributed by atoms with Crippen LogP contribution in [0.15, 0.2) is 46.3 Å². The van der Waals surface area contributed by atoms with E-state index in [0.29, 0.717) is 17.0 Å². The summed E-state index contributed by atoms with van der Waals surface area (Å²) in [6, 6.07) is 5.40. The average Bonchev–Trinajstić information content (AvgIpc) is 2.98. The second kappa shape index (κ2) is 7.92. The van der Waals surface area contributed by atoms with Crippen molar-refractivity contribution in [3.63, 3.8) is 0 Å². The van der Waals surface area contributed by atoms with Crippen LogP contribution in [0.25, 0.3) is 11.4 Å². The molecule has 0 bridgehead atoms. The molecule has 1 aromatic carbocycles. The van der Waals surface area contributed by atoms with Crippen molar-refractivity contribution in [3.8, 4) is 11.4 Å². The molecule has 10 heteroatoms. The van der Waals surface area contributed by atoms with Crippen LogP contribution < -0.4 is 5.32 Å². The number of amides is 1. The van der Waals surface area contributed by atoms with Gasteiger partial charge in [-0.05, 0) is 34.1 Å². The van der Waals surface area contributed by atoms with Crippen molar-refractivity contribution >= 4 is 39.3 Å². The summed E-state index contributed by atoms with van der Waals surface area (Å²) in [5, 5.41) is 11.1. The lowest BCUT2D eigenvalue weighted by atomic mass is 10.2. The Balaban J connectivity index is 1.67. The Labute approximate surface area is 160 Å². The van der Waals surface area contributed by atoms with E-state index in [1.54, 1.807) is 36.1 Å². The van der Waals surface area contributed by atoms with Gasteiger partial charge in [-0.1, -0.05) is 11.8 Å². The van der Waals surface area contributed by atoms with Crippen LogP contribution in [-0.4, -0.2) is 31.4 Å². The van der Waals surface area contributed by atoms with Crippen molar-refractivity contribution in [3.05, 3.63) is 52.8 Å². The average molecular weight is 440 g/mol. The fourth-order valence-corrected chi connectivity index (χ4v) is 3.38. The molecular formula is C16H12BrF2N5OS. The maximum atomic E-state index is 13.8. The molecule has 0 aliphatic heterocycles. The van der Waals surface area contributed by atoms with Crippen LogP contribution in [0.5, 0.6) is 0 Å². The van der Waals surface area contributed by atoms with Crippen LogP contribution in [0, 0.1) is 11.6 Å². The maximum absolute atomic E-state index is 13.8. The third kappa shape index (κ3) is 4.07. The molecule has 2 heterocycles. The van der Waals surface area contributed by atoms with Gasteiger partial charge in [-0.15, -0.1) is 10.2 Å². The fourth-order valence-electron chi connectivity index (χ4n) is 2.16. The first-order chi connectivity index (χ1) is 12.5. The molecule has 0 aliphatic rings. The van der Waals surface area contributed by atoms with E-state index in [1.165, 1.54) is 0 Å². The second-order valence-electron chi connectivity index (χ2n) is 5.18. The van der Waals surface area contributed by atoms with E-state index in [4.69, 9.17) is 0 Å². The van der Waals surface area contributed by atoms with Crippen molar-refractivity contribution in [2.24, 2.45) is 7.05 Å². The topological polar surface area (TPSA) is 72.7 Å². The van der Waals surface area contributed by atoms with Crippen LogP contribution in [-0.2, 0) is 11.8 Å². The van der Waals surface area contributed by atoms with E-state index in [0.717, 1.165) is 23.4 Å². The van der Waals surface area contributed by atoms with Gasteiger partial charge in [0.1, 0.15) is 5.82 Å². The Morgan fingerprint density at radius 3 is 2.69 bits per heavy atom. The summed E-state index contributed by atoms with van der Waals surface area (Å²) in [7, 11) is 1.78. The van der Waals surface area contributed by atoms with Gasteiger partial charge in [0.05, 0.1) is 11.4 Å². The van der Waals surface area contributed by atoms with E-state index in [9.17, 15) is 13.6 Å². The van der Waals surface area contributed by atoms with Crippen LogP contribution in [0.4, 0.5) is 14.5 Å². The minimum Gasteiger partial charge on any atom is -0.322 e. The molecule has 1 amide bonds. The Bertz CT molecular complexity index is 928. The fraction of sp³-hybridized carbons (Fsp3) is 0.125. The lowest BCUT2D eigenvalue weighted by Gasteiger charge is -2.08. The standard InChI is InChI=1S/C16H12BrF2N5OS/c1-24-15(9-2-4-20-5-3-9)22-23-16(24)26-8-13(25)21-14-11(17)6-10(18)7-12(14)19/h2-7H,8H2,1H3,(H,21,25). The number of hydrogen-bond donors (Lipinski definition) is 1. The third-order valence-corrected chi connectivity index (χ3v) is 5.02. The Hall–Kier alpha value is -2.33. The molecule has 0 unspecified atom stereocenters. The van der Waals surface area contributed by atoms with Gasteiger partial charge in [0.15, 0.2) is 16.8 Å². The Morgan fingerprint density at radius 1 is 1.27 bits per heavy atom. The molecule has 3 rings (SSSR count). The number of carbonyl (C=O) groups is 1. The van der Waals surface area contributed by atoms with Gasteiger partial charge >= 0.3 is 0 Å². The van der Waals surface area contributed by atoms with Gasteiger partial charge < -0.3 is 9.88 Å². The molecule has 2 aromatic heterocycles. The minimum atomic E-state index is -0.853. The molecule has 3 aromatic rings. The summed E-state index contributed by atoms with van der Waals surface area (Å²) in [5.41, 5.74) is 0.746. The quantitative estimate of drug-likeness (QED) is 0.614. The highest BCUT2D eigenvalue weighted by Gasteiger charge is 2.15. The number of benzene rings is 1. The number of nitrogens with one attached hydrogen (secondary N) is 1. The zero-order valence-corrected chi connectivity index (χ0v) is 15.8. The van der Waals surface area contributed by atoms with Crippen molar-refractivity contribution in [2.45, 2.75) is 5.16 Å². The highest BCUT2D eigenvalue weighted by molar-refractivity contribution is 9.10. The van der Waals surface area contributed by atoms with Crippen molar-refractivity contribution in [2.75, 3.05) is 11.1 Å². The van der Waals surface area contributed by atoms with Gasteiger partial charge in [0, 0.05) is 35.5 Å². The van der Waals surface area contributed by atoms with E-state index < -0.39 is 17.5 Å². The molecule has 0 aliphatic carbocycles. The molecule has 6 nitrogen and oxygen atoms in total. The van der Waals surface area contributed by atoms with E-state index in [-0.39, 0.29) is 15.9 Å². The monoisotopic (exact) mass is 439 g/mol. The lowest BCUT2D eigenvalue weighted by Crippen LogP contribution is -2.16. The molecular weight excluding hydrogens is 428 g/mol. The van der Waals surface area contributed by atoms with Gasteiger partial charge in [-0.25, -0.2) is 8.78 Å². The predicted molar refractivity (Wildman–Crippen MR) is 97.6 cm³/mol. The SMILES string of the molecule is Cn1c(SCC(=O)Nc2c(F)cc(F)cc2Br)nnc1-c1ccncc1. The molecule has 134 valence electrons. The normalized spacial score (nSPS) is 10.8. The smallest absolute Gasteiger partial charge is 0.234 e. The third-order valence-electron chi connectivity index (χ3n) is 3.38. The largest absolute Gasteiger partial charge is 0.322 e. The number of carbonyl (C=O) groups excluding carboxylic acids is 1.